The average molecular weight is 409 g/mol. The van der Waals surface area contributed by atoms with Crippen LogP contribution in [0.4, 0.5) is 0 Å². The molecule has 7 heteroatoms. The lowest BCUT2D eigenvalue weighted by Gasteiger charge is -2.29. The third kappa shape index (κ3) is 5.92. The maximum absolute atomic E-state index is 6.01. The van der Waals surface area contributed by atoms with Gasteiger partial charge in [-0.05, 0) is 24.6 Å². The number of benzene rings is 1. The summed E-state index contributed by atoms with van der Waals surface area (Å²) in [5, 5.41) is 7.30. The average Bonchev–Trinajstić information content (AvgIpc) is 3.10. The number of rotatable bonds is 7. The summed E-state index contributed by atoms with van der Waals surface area (Å²) in [7, 11) is 5.52. The number of halogens is 1. The number of methoxy groups -OCH3 is 1. The molecule has 1 heterocycles. The van der Waals surface area contributed by atoms with E-state index in [1.54, 1.807) is 25.5 Å². The van der Waals surface area contributed by atoms with E-state index < -0.39 is 0 Å². The Hall–Kier alpha value is -1.63. The molecule has 0 aliphatic rings. The second kappa shape index (κ2) is 9.53. The molecule has 2 aromatic rings. The largest absolute Gasteiger partial charge is 0.375 e. The van der Waals surface area contributed by atoms with Crippen molar-refractivity contribution in [3.63, 3.8) is 0 Å². The van der Waals surface area contributed by atoms with Gasteiger partial charge in [-0.2, -0.15) is 0 Å². The first kappa shape index (κ1) is 21.7. The van der Waals surface area contributed by atoms with Crippen LogP contribution in [0.2, 0.25) is 5.02 Å². The van der Waals surface area contributed by atoms with Crippen LogP contribution in [0.1, 0.15) is 43.1 Å². The Morgan fingerprint density at radius 2 is 2.04 bits per heavy atom. The fraction of sp³-hybridized carbons (Fsp3) is 0.500. The van der Waals surface area contributed by atoms with Gasteiger partial charge in [-0.25, -0.2) is 4.98 Å². The molecule has 27 heavy (non-hydrogen) atoms. The van der Waals surface area contributed by atoms with E-state index in [2.05, 4.69) is 51.6 Å². The summed E-state index contributed by atoms with van der Waals surface area (Å²) >= 11 is 7.63. The van der Waals surface area contributed by atoms with Gasteiger partial charge < -0.3 is 15.0 Å². The van der Waals surface area contributed by atoms with Crippen molar-refractivity contribution in [3.05, 3.63) is 50.9 Å². The molecule has 0 bridgehead atoms. The Balaban J connectivity index is 1.97. The smallest absolute Gasteiger partial charge is 0.193 e. The van der Waals surface area contributed by atoms with E-state index in [1.807, 2.05) is 26.1 Å². The number of nitrogens with zero attached hydrogens (tertiary/aromatic N) is 3. The van der Waals surface area contributed by atoms with E-state index in [0.717, 1.165) is 28.2 Å². The lowest BCUT2D eigenvalue weighted by molar-refractivity contribution is 0.119. The molecule has 0 radical (unpaired) electrons. The molecule has 1 unspecified atom stereocenters. The third-order valence-electron chi connectivity index (χ3n) is 4.56. The van der Waals surface area contributed by atoms with Crippen LogP contribution in [0, 0.1) is 0 Å². The molecule has 1 atom stereocenters. The molecule has 0 spiro atoms. The summed E-state index contributed by atoms with van der Waals surface area (Å²) in [6, 6.07) is 8.01. The van der Waals surface area contributed by atoms with Gasteiger partial charge in [0.1, 0.15) is 11.1 Å². The van der Waals surface area contributed by atoms with Gasteiger partial charge in [-0.15, -0.1) is 11.3 Å². The van der Waals surface area contributed by atoms with E-state index in [-0.39, 0.29) is 11.5 Å². The zero-order chi connectivity index (χ0) is 20.0. The molecular formula is C20H29ClN4OS. The molecule has 0 amide bonds. The van der Waals surface area contributed by atoms with E-state index in [4.69, 9.17) is 16.3 Å². The van der Waals surface area contributed by atoms with Gasteiger partial charge in [0.05, 0.1) is 12.2 Å². The van der Waals surface area contributed by atoms with Crippen molar-refractivity contribution < 1.29 is 4.74 Å². The first-order chi connectivity index (χ1) is 12.8. The molecule has 1 N–H and O–H groups in total. The Labute approximate surface area is 171 Å². The van der Waals surface area contributed by atoms with Crippen LogP contribution in [0.25, 0.3) is 0 Å². The highest BCUT2D eigenvalue weighted by molar-refractivity contribution is 7.09. The Morgan fingerprint density at radius 3 is 2.63 bits per heavy atom. The van der Waals surface area contributed by atoms with Crippen LogP contribution >= 0.6 is 22.9 Å². The number of aromatic nitrogens is 1. The molecule has 0 aliphatic heterocycles. The first-order valence-electron chi connectivity index (χ1n) is 8.91. The van der Waals surface area contributed by atoms with Crippen LogP contribution in [0.3, 0.4) is 0 Å². The van der Waals surface area contributed by atoms with Crippen molar-refractivity contribution in [1.82, 2.24) is 15.2 Å². The highest BCUT2D eigenvalue weighted by atomic mass is 35.5. The summed E-state index contributed by atoms with van der Waals surface area (Å²) in [4.78, 5) is 11.2. The molecule has 0 saturated carbocycles. The van der Waals surface area contributed by atoms with E-state index in [1.165, 1.54) is 5.56 Å². The van der Waals surface area contributed by atoms with Gasteiger partial charge >= 0.3 is 0 Å². The summed E-state index contributed by atoms with van der Waals surface area (Å²) in [6.07, 6.45) is 0.0201. The normalized spacial score (nSPS) is 13.5. The molecular weight excluding hydrogens is 380 g/mol. The van der Waals surface area contributed by atoms with Gasteiger partial charge in [0.15, 0.2) is 5.96 Å². The highest BCUT2D eigenvalue weighted by Crippen LogP contribution is 2.24. The Kier molecular flexibility index (Phi) is 7.65. The standard InChI is InChI=1S/C20H29ClN4OS/c1-14(26-6)18-24-17(12-27-18)11-25(5)19(22-4)23-13-20(2,3)15-7-9-16(21)10-8-15/h7-10,12,14H,11,13H2,1-6H3,(H,22,23). The SMILES string of the molecule is CN=C(NCC(C)(C)c1ccc(Cl)cc1)N(C)Cc1csc(C(C)OC)n1. The van der Waals surface area contributed by atoms with Crippen molar-refractivity contribution >= 4 is 28.9 Å². The molecule has 0 aliphatic carbocycles. The van der Waals surface area contributed by atoms with Gasteiger partial charge in [-0.1, -0.05) is 37.6 Å². The van der Waals surface area contributed by atoms with Crippen LogP contribution < -0.4 is 5.32 Å². The highest BCUT2D eigenvalue weighted by Gasteiger charge is 2.22. The van der Waals surface area contributed by atoms with Gasteiger partial charge in [0.25, 0.3) is 0 Å². The number of aliphatic imine (C=N–C) groups is 1. The lowest BCUT2D eigenvalue weighted by Crippen LogP contribution is -2.44. The minimum Gasteiger partial charge on any atom is -0.375 e. The molecule has 0 fully saturated rings. The number of ether oxygens (including phenoxy) is 1. The maximum atomic E-state index is 6.01. The van der Waals surface area contributed by atoms with Gasteiger partial charge in [-0.3, -0.25) is 4.99 Å². The van der Waals surface area contributed by atoms with E-state index in [9.17, 15) is 0 Å². The maximum Gasteiger partial charge on any atom is 0.193 e. The fourth-order valence-electron chi connectivity index (χ4n) is 2.69. The minimum atomic E-state index is -0.0525. The topological polar surface area (TPSA) is 49.8 Å². The summed E-state index contributed by atoms with van der Waals surface area (Å²) in [5.74, 6) is 0.839. The number of thiazole rings is 1. The predicted molar refractivity (Wildman–Crippen MR) is 115 cm³/mol. The fourth-order valence-corrected chi connectivity index (χ4v) is 3.66. The molecule has 2 rings (SSSR count). The Morgan fingerprint density at radius 1 is 1.37 bits per heavy atom. The third-order valence-corrected chi connectivity index (χ3v) is 5.86. The predicted octanol–water partition coefficient (Wildman–Crippen LogP) is 4.49. The molecule has 5 nitrogen and oxygen atoms in total. The summed E-state index contributed by atoms with van der Waals surface area (Å²) < 4.78 is 5.34. The monoisotopic (exact) mass is 408 g/mol. The van der Waals surface area contributed by atoms with Gasteiger partial charge in [0.2, 0.25) is 0 Å². The van der Waals surface area contributed by atoms with Crippen molar-refractivity contribution in [2.75, 3.05) is 27.7 Å². The Bertz CT molecular complexity index is 758. The summed E-state index contributed by atoms with van der Waals surface area (Å²) in [5.41, 5.74) is 2.19. The number of hydrogen-bond acceptors (Lipinski definition) is 4. The zero-order valence-corrected chi connectivity index (χ0v) is 18.5. The molecule has 1 aromatic heterocycles. The van der Waals surface area contributed by atoms with E-state index in [0.29, 0.717) is 6.54 Å². The minimum absolute atomic E-state index is 0.0201. The number of nitrogens with one attached hydrogen (secondary N) is 1. The van der Waals surface area contributed by atoms with Crippen LogP contribution in [-0.4, -0.2) is 43.6 Å². The van der Waals surface area contributed by atoms with Gasteiger partial charge in [0, 0.05) is 43.6 Å². The first-order valence-corrected chi connectivity index (χ1v) is 10.2. The molecule has 0 saturated heterocycles. The van der Waals surface area contributed by atoms with Crippen molar-refractivity contribution in [2.24, 2.45) is 4.99 Å². The van der Waals surface area contributed by atoms with Crippen LogP contribution in [0.5, 0.6) is 0 Å². The molecule has 148 valence electrons. The number of hydrogen-bond donors (Lipinski definition) is 1. The van der Waals surface area contributed by atoms with Crippen molar-refractivity contribution in [3.8, 4) is 0 Å². The second-order valence-electron chi connectivity index (χ2n) is 7.20. The van der Waals surface area contributed by atoms with Crippen molar-refractivity contribution in [2.45, 2.75) is 38.8 Å². The van der Waals surface area contributed by atoms with Crippen LogP contribution in [0.15, 0.2) is 34.6 Å². The zero-order valence-electron chi connectivity index (χ0n) is 16.9. The van der Waals surface area contributed by atoms with Crippen LogP contribution in [-0.2, 0) is 16.7 Å². The number of guanidine groups is 1. The van der Waals surface area contributed by atoms with E-state index >= 15 is 0 Å². The quantitative estimate of drug-likeness (QED) is 0.541. The summed E-state index contributed by atoms with van der Waals surface area (Å²) in [6.45, 7) is 7.86. The van der Waals surface area contributed by atoms with Crippen molar-refractivity contribution in [1.29, 1.82) is 0 Å². The lowest BCUT2D eigenvalue weighted by atomic mass is 9.85. The molecule has 1 aromatic carbocycles. The second-order valence-corrected chi connectivity index (χ2v) is 8.53.